The van der Waals surface area contributed by atoms with Crippen molar-refractivity contribution in [1.82, 2.24) is 0 Å². The summed E-state index contributed by atoms with van der Waals surface area (Å²) >= 11 is 0. The number of nitrogens with one attached hydrogen (secondary N) is 2. The topological polar surface area (TPSA) is 90.8 Å². The lowest BCUT2D eigenvalue weighted by Crippen LogP contribution is -2.09. The largest absolute Gasteiger partial charge is 0.416 e. The van der Waals surface area contributed by atoms with Crippen molar-refractivity contribution in [3.05, 3.63) is 39.4 Å². The number of nitro benzene ring substituents is 1. The highest BCUT2D eigenvalue weighted by Gasteiger charge is 2.33. The van der Waals surface area contributed by atoms with Crippen molar-refractivity contribution < 1.29 is 18.1 Å². The third kappa shape index (κ3) is 4.66. The van der Waals surface area contributed by atoms with Crippen LogP contribution in [0.1, 0.15) is 36.8 Å². The summed E-state index contributed by atoms with van der Waals surface area (Å²) in [5, 5.41) is 25.5. The molecule has 1 aromatic carbocycles. The molecule has 0 radical (unpaired) electrons. The Bertz CT molecular complexity index is 556. The number of halogens is 3. The Morgan fingerprint density at radius 3 is 2.52 bits per heavy atom. The minimum Gasteiger partial charge on any atom is -0.313 e. The fourth-order valence-corrected chi connectivity index (χ4v) is 1.80. The zero-order chi connectivity index (χ0) is 16.0. The van der Waals surface area contributed by atoms with Gasteiger partial charge in [-0.05, 0) is 44.0 Å². The van der Waals surface area contributed by atoms with Gasteiger partial charge in [0.25, 0.3) is 5.69 Å². The maximum Gasteiger partial charge on any atom is 0.416 e. The van der Waals surface area contributed by atoms with Crippen LogP contribution in [0.5, 0.6) is 0 Å². The van der Waals surface area contributed by atoms with Gasteiger partial charge in [-0.25, -0.2) is 0 Å². The van der Waals surface area contributed by atoms with E-state index in [-0.39, 0.29) is 17.7 Å². The van der Waals surface area contributed by atoms with Crippen LogP contribution in [0.3, 0.4) is 0 Å². The molecule has 0 aliphatic carbocycles. The second-order valence-corrected chi connectivity index (χ2v) is 4.42. The molecule has 0 amide bonds. The summed E-state index contributed by atoms with van der Waals surface area (Å²) in [5.74, 6) is 0. The van der Waals surface area contributed by atoms with Gasteiger partial charge in [0.05, 0.1) is 16.1 Å². The molecule has 8 heteroatoms. The van der Waals surface area contributed by atoms with Gasteiger partial charge in [-0.2, -0.15) is 13.2 Å². The van der Waals surface area contributed by atoms with Crippen LogP contribution in [0.15, 0.2) is 18.2 Å². The van der Waals surface area contributed by atoms with Crippen LogP contribution in [-0.4, -0.2) is 16.8 Å². The summed E-state index contributed by atoms with van der Waals surface area (Å²) in [5.41, 5.74) is -1.97. The van der Waals surface area contributed by atoms with E-state index in [0.29, 0.717) is 25.3 Å². The standard InChI is InChI=1S/C13H14F3N3O2/c14-13(15,16)9-5-6-10(12(8-9)19(20)21)11(18)4-2-1-3-7-17/h5-8,17-18H,1-4H2. The first-order chi connectivity index (χ1) is 9.77. The van der Waals surface area contributed by atoms with Gasteiger partial charge >= 0.3 is 6.18 Å². The molecule has 0 unspecified atom stereocenters. The molecule has 0 atom stereocenters. The predicted molar refractivity (Wildman–Crippen MR) is 72.2 cm³/mol. The fraction of sp³-hybridized carbons (Fsp3) is 0.385. The number of benzene rings is 1. The highest BCUT2D eigenvalue weighted by Crippen LogP contribution is 2.33. The van der Waals surface area contributed by atoms with Gasteiger partial charge in [-0.3, -0.25) is 10.1 Å². The Morgan fingerprint density at radius 2 is 2.00 bits per heavy atom. The number of nitrogens with zero attached hydrogens (tertiary/aromatic N) is 1. The molecule has 0 bridgehead atoms. The molecule has 0 aliphatic heterocycles. The Morgan fingerprint density at radius 1 is 1.33 bits per heavy atom. The molecule has 2 N–H and O–H groups in total. The molecule has 0 aliphatic rings. The third-order valence-electron chi connectivity index (χ3n) is 2.87. The van der Waals surface area contributed by atoms with Crippen molar-refractivity contribution in [2.24, 2.45) is 0 Å². The molecule has 0 aromatic heterocycles. The summed E-state index contributed by atoms with van der Waals surface area (Å²) in [7, 11) is 0. The number of rotatable bonds is 7. The molecular weight excluding hydrogens is 287 g/mol. The maximum atomic E-state index is 12.6. The van der Waals surface area contributed by atoms with Crippen molar-refractivity contribution >= 4 is 17.6 Å². The Balaban J connectivity index is 2.99. The number of nitro groups is 1. The monoisotopic (exact) mass is 301 g/mol. The SMILES string of the molecule is N=CCCCCC(=N)c1ccc(C(F)(F)F)cc1[N+](=O)[O-]. The minimum absolute atomic E-state index is 0.0691. The Labute approximate surface area is 119 Å². The average Bonchev–Trinajstić information content (AvgIpc) is 2.41. The Kier molecular flexibility index (Phi) is 5.57. The van der Waals surface area contributed by atoms with Crippen LogP contribution < -0.4 is 0 Å². The van der Waals surface area contributed by atoms with E-state index < -0.39 is 22.4 Å². The second kappa shape index (κ2) is 6.96. The van der Waals surface area contributed by atoms with Crippen LogP contribution in [0, 0.1) is 20.9 Å². The van der Waals surface area contributed by atoms with Gasteiger partial charge in [0.15, 0.2) is 0 Å². The van der Waals surface area contributed by atoms with Crippen molar-refractivity contribution in [1.29, 1.82) is 10.8 Å². The zero-order valence-electron chi connectivity index (χ0n) is 11.0. The highest BCUT2D eigenvalue weighted by atomic mass is 19.4. The van der Waals surface area contributed by atoms with Gasteiger partial charge < -0.3 is 10.8 Å². The maximum absolute atomic E-state index is 12.6. The molecule has 0 spiro atoms. The van der Waals surface area contributed by atoms with E-state index >= 15 is 0 Å². The van der Waals surface area contributed by atoms with Crippen LogP contribution in [-0.2, 0) is 6.18 Å². The summed E-state index contributed by atoms with van der Waals surface area (Å²) in [6.45, 7) is 0. The number of hydrogen-bond donors (Lipinski definition) is 2. The number of unbranched alkanes of at least 4 members (excludes halogenated alkanes) is 2. The van der Waals surface area contributed by atoms with Crippen LogP contribution in [0.25, 0.3) is 0 Å². The lowest BCUT2D eigenvalue weighted by molar-refractivity contribution is -0.385. The van der Waals surface area contributed by atoms with Crippen LogP contribution >= 0.6 is 0 Å². The minimum atomic E-state index is -4.66. The van der Waals surface area contributed by atoms with Crippen LogP contribution in [0.2, 0.25) is 0 Å². The summed E-state index contributed by atoms with van der Waals surface area (Å²) < 4.78 is 37.7. The highest BCUT2D eigenvalue weighted by molar-refractivity contribution is 6.01. The fourth-order valence-electron chi connectivity index (χ4n) is 1.80. The third-order valence-corrected chi connectivity index (χ3v) is 2.87. The molecule has 0 fully saturated rings. The number of hydrogen-bond acceptors (Lipinski definition) is 4. The first-order valence-corrected chi connectivity index (χ1v) is 6.19. The van der Waals surface area contributed by atoms with E-state index in [2.05, 4.69) is 0 Å². The van der Waals surface area contributed by atoms with Crippen molar-refractivity contribution in [2.45, 2.75) is 31.9 Å². The van der Waals surface area contributed by atoms with E-state index in [0.717, 1.165) is 12.1 Å². The lowest BCUT2D eigenvalue weighted by Gasteiger charge is -2.09. The van der Waals surface area contributed by atoms with E-state index in [1.807, 2.05) is 0 Å². The average molecular weight is 301 g/mol. The van der Waals surface area contributed by atoms with Gasteiger partial charge in [-0.15, -0.1) is 0 Å². The molecule has 1 aromatic rings. The molecule has 0 heterocycles. The first kappa shape index (κ1) is 16.8. The predicted octanol–water partition coefficient (Wildman–Crippen LogP) is 4.19. The molecule has 0 saturated heterocycles. The Hall–Kier alpha value is -2.25. The van der Waals surface area contributed by atoms with Crippen molar-refractivity contribution in [2.75, 3.05) is 0 Å². The lowest BCUT2D eigenvalue weighted by atomic mass is 10.0. The molecular formula is C13H14F3N3O2. The summed E-state index contributed by atoms with van der Waals surface area (Å²) in [4.78, 5) is 9.99. The first-order valence-electron chi connectivity index (χ1n) is 6.19. The number of alkyl halides is 3. The summed E-state index contributed by atoms with van der Waals surface area (Å²) in [6.07, 6.45) is -1.46. The second-order valence-electron chi connectivity index (χ2n) is 4.42. The van der Waals surface area contributed by atoms with Gasteiger partial charge in [-0.1, -0.05) is 0 Å². The quantitative estimate of drug-likeness (QED) is 0.342. The van der Waals surface area contributed by atoms with E-state index in [9.17, 15) is 23.3 Å². The van der Waals surface area contributed by atoms with Crippen LogP contribution in [0.4, 0.5) is 18.9 Å². The van der Waals surface area contributed by atoms with Gasteiger partial charge in [0.1, 0.15) is 0 Å². The van der Waals surface area contributed by atoms with E-state index in [4.69, 9.17) is 10.8 Å². The molecule has 1 rings (SSSR count). The van der Waals surface area contributed by atoms with E-state index in [1.54, 1.807) is 0 Å². The molecule has 21 heavy (non-hydrogen) atoms. The normalized spacial score (nSPS) is 11.2. The van der Waals surface area contributed by atoms with Gasteiger partial charge in [0, 0.05) is 11.8 Å². The van der Waals surface area contributed by atoms with Crippen molar-refractivity contribution in [3.8, 4) is 0 Å². The zero-order valence-corrected chi connectivity index (χ0v) is 11.0. The van der Waals surface area contributed by atoms with E-state index in [1.165, 1.54) is 6.21 Å². The molecule has 0 saturated carbocycles. The molecule has 114 valence electrons. The smallest absolute Gasteiger partial charge is 0.313 e. The van der Waals surface area contributed by atoms with Gasteiger partial charge in [0.2, 0.25) is 0 Å². The molecule has 5 nitrogen and oxygen atoms in total. The van der Waals surface area contributed by atoms with Crippen molar-refractivity contribution in [3.63, 3.8) is 0 Å². The summed E-state index contributed by atoms with van der Waals surface area (Å²) in [6, 6.07) is 2.18.